The van der Waals surface area contributed by atoms with E-state index in [0.29, 0.717) is 32.0 Å². The first-order chi connectivity index (χ1) is 15.8. The topological polar surface area (TPSA) is 189 Å². The highest BCUT2D eigenvalue weighted by molar-refractivity contribution is 6.31. The summed E-state index contributed by atoms with van der Waals surface area (Å²) in [5.41, 5.74) is 24.0. The molecule has 9 N–H and O–H groups in total. The normalized spacial score (nSPS) is 10.6. The van der Waals surface area contributed by atoms with E-state index in [0.717, 1.165) is 16.9 Å². The monoisotopic (exact) mass is 510 g/mol. The summed E-state index contributed by atoms with van der Waals surface area (Å²) in [7, 11) is 0. The van der Waals surface area contributed by atoms with Crippen LogP contribution in [-0.4, -0.2) is 39.6 Å². The van der Waals surface area contributed by atoms with Crippen LogP contribution < -0.4 is 50.0 Å². The lowest BCUT2D eigenvalue weighted by molar-refractivity contribution is -0.676. The van der Waals surface area contributed by atoms with Gasteiger partial charge in [-0.3, -0.25) is 9.79 Å². The van der Waals surface area contributed by atoms with Crippen LogP contribution in [0.2, 0.25) is 5.15 Å². The third-order valence-electron chi connectivity index (χ3n) is 4.97. The van der Waals surface area contributed by atoms with Crippen molar-refractivity contribution in [2.75, 3.05) is 24.6 Å². The summed E-state index contributed by atoms with van der Waals surface area (Å²) in [6.07, 6.45) is 0. The minimum absolute atomic E-state index is 0. The van der Waals surface area contributed by atoms with Crippen LogP contribution in [0.5, 0.6) is 5.75 Å². The Hall–Kier alpha value is -3.51. The van der Waals surface area contributed by atoms with Crippen molar-refractivity contribution < 1.29 is 26.5 Å². The van der Waals surface area contributed by atoms with Crippen molar-refractivity contribution in [3.05, 3.63) is 34.9 Å². The fraction of sp³-hybridized carbons (Fsp3) is 0.350. The smallest absolute Gasteiger partial charge is 0.277 e. The van der Waals surface area contributed by atoms with Crippen molar-refractivity contribution in [3.8, 4) is 5.75 Å². The van der Waals surface area contributed by atoms with Gasteiger partial charge in [-0.1, -0.05) is 11.6 Å². The molecule has 0 saturated heterocycles. The lowest BCUT2D eigenvalue weighted by Gasteiger charge is -2.08. The summed E-state index contributed by atoms with van der Waals surface area (Å²) in [5, 5.41) is 2.77. The molecule has 3 rings (SSSR count). The van der Waals surface area contributed by atoms with Gasteiger partial charge in [0.15, 0.2) is 39.5 Å². The molecule has 0 aliphatic rings. The maximum absolute atomic E-state index is 12.7. The van der Waals surface area contributed by atoms with Gasteiger partial charge in [-0.25, -0.2) is 19.1 Å². The van der Waals surface area contributed by atoms with Crippen LogP contribution in [0.4, 0.5) is 11.6 Å². The molecule has 0 fully saturated rings. The molecule has 0 radical (unpaired) electrons. The number of nitrogen functional groups attached to an aromatic ring is 2. The number of amides is 1. The van der Waals surface area contributed by atoms with Gasteiger partial charge in [-0.05, 0) is 26.0 Å². The predicted octanol–water partition coefficient (Wildman–Crippen LogP) is -2.84. The van der Waals surface area contributed by atoms with Crippen LogP contribution in [0, 0.1) is 0 Å². The Morgan fingerprint density at radius 1 is 1.24 bits per heavy atom. The Kier molecular flexibility index (Phi) is 9.10. The summed E-state index contributed by atoms with van der Waals surface area (Å²) in [6, 6.07) is 5.82. The lowest BCUT2D eigenvalue weighted by Crippen LogP contribution is -3.00. The minimum Gasteiger partial charge on any atom is -1.00 e. The molecule has 184 valence electrons. The Bertz CT molecular complexity index is 1210. The van der Waals surface area contributed by atoms with Gasteiger partial charge in [0.2, 0.25) is 0 Å². The summed E-state index contributed by atoms with van der Waals surface area (Å²) in [6.45, 7) is 6.39. The number of rotatable bonds is 9. The molecule has 14 heteroatoms. The third-order valence-corrected chi connectivity index (χ3v) is 5.24. The lowest BCUT2D eigenvalue weighted by atomic mass is 10.3. The quantitative estimate of drug-likeness (QED) is 0.0879. The molecular weight excluding hydrogens is 483 g/mol. The molecule has 1 aromatic carbocycles. The Balaban J connectivity index is 0.00000408. The number of aliphatic imine (C=N–C) groups is 1. The number of imidazole rings is 1. The average Bonchev–Trinajstić information content (AvgIpc) is 3.09. The molecule has 2 heterocycles. The van der Waals surface area contributed by atoms with E-state index in [-0.39, 0.29) is 47.4 Å². The molecule has 12 nitrogen and oxygen atoms in total. The zero-order valence-electron chi connectivity index (χ0n) is 18.9. The number of carbonyl (C=O) groups is 1. The summed E-state index contributed by atoms with van der Waals surface area (Å²) >= 11 is 5.90. The van der Waals surface area contributed by atoms with E-state index in [9.17, 15) is 4.79 Å². The number of guanidine groups is 1. The van der Waals surface area contributed by atoms with Gasteiger partial charge in [-0.2, -0.15) is 0 Å². The number of benzene rings is 1. The molecule has 2 aromatic heterocycles. The van der Waals surface area contributed by atoms with Gasteiger partial charge in [0.05, 0.1) is 19.6 Å². The molecule has 0 aliphatic heterocycles. The molecule has 0 aliphatic carbocycles. The second-order valence-corrected chi connectivity index (χ2v) is 7.38. The molecule has 0 atom stereocenters. The number of ether oxygens (including phenoxy) is 1. The van der Waals surface area contributed by atoms with Gasteiger partial charge in [0, 0.05) is 6.07 Å². The minimum atomic E-state index is -0.499. The van der Waals surface area contributed by atoms with Crippen LogP contribution in [-0.2, 0) is 19.6 Å². The number of aromatic nitrogens is 4. The molecule has 0 bridgehead atoms. The molecule has 3 aromatic rings. The van der Waals surface area contributed by atoms with Crippen molar-refractivity contribution >= 4 is 46.1 Å². The number of hydrogen-bond acceptors (Lipinski definition) is 7. The highest BCUT2D eigenvalue weighted by atomic mass is 35.5. The van der Waals surface area contributed by atoms with Gasteiger partial charge >= 0.3 is 0 Å². The number of halogens is 2. The van der Waals surface area contributed by atoms with Crippen molar-refractivity contribution in [3.63, 3.8) is 0 Å². The summed E-state index contributed by atoms with van der Waals surface area (Å²) in [5.74, 6) is 1.00. The summed E-state index contributed by atoms with van der Waals surface area (Å²) in [4.78, 5) is 24.4. The van der Waals surface area contributed by atoms with E-state index in [1.165, 1.54) is 0 Å². The number of hydrogen-bond donors (Lipinski definition) is 5. The molecule has 0 spiro atoms. The standard InChI is InChI=1S/C20H27ClN10O2.ClH/c1-3-30-12-6-5-11(33-8-7-26-20(24)25)9-13(12)31(4-2)14(30)10-27-19(32)15-17(22)29-18(23)16(21)28-15;/h5-6,9H,3-4,7-8,10H2,1-2H3,(H8-,22,23,24,25,26,27,29,32);1H. The van der Waals surface area contributed by atoms with Crippen molar-refractivity contribution in [1.29, 1.82) is 0 Å². The van der Waals surface area contributed by atoms with E-state index >= 15 is 0 Å². The summed E-state index contributed by atoms with van der Waals surface area (Å²) < 4.78 is 10.00. The van der Waals surface area contributed by atoms with Gasteiger partial charge < -0.3 is 45.4 Å². The van der Waals surface area contributed by atoms with Crippen molar-refractivity contribution in [2.45, 2.75) is 33.5 Å². The van der Waals surface area contributed by atoms with Gasteiger partial charge in [0.1, 0.15) is 18.9 Å². The number of fused-ring (bicyclic) bond motifs is 1. The SMILES string of the molecule is CCn1c(CNC(=O)c2nc(Cl)c(N)nc2N)[n+](CC)c2ccc(OCCN=C(N)N)cc21.[Cl-]. The fourth-order valence-electron chi connectivity index (χ4n) is 3.55. The van der Waals surface area contributed by atoms with Gasteiger partial charge in [0.25, 0.3) is 11.7 Å². The second-order valence-electron chi connectivity index (χ2n) is 7.03. The van der Waals surface area contributed by atoms with Crippen LogP contribution >= 0.6 is 11.6 Å². The van der Waals surface area contributed by atoms with E-state index in [1.54, 1.807) is 0 Å². The van der Waals surface area contributed by atoms with E-state index in [4.69, 9.17) is 39.3 Å². The number of nitrogens with one attached hydrogen (secondary N) is 1. The maximum atomic E-state index is 12.7. The second kappa shape index (κ2) is 11.6. The number of aryl methyl sites for hydroxylation is 2. The maximum Gasteiger partial charge on any atom is 0.277 e. The largest absolute Gasteiger partial charge is 1.00 e. The fourth-order valence-corrected chi connectivity index (χ4v) is 3.67. The molecular formula is C20H28Cl2N10O2. The van der Waals surface area contributed by atoms with Crippen LogP contribution in [0.15, 0.2) is 23.2 Å². The Morgan fingerprint density at radius 2 is 1.97 bits per heavy atom. The van der Waals surface area contributed by atoms with Crippen molar-refractivity contribution in [1.82, 2.24) is 19.9 Å². The predicted molar refractivity (Wildman–Crippen MR) is 127 cm³/mol. The number of nitrogens with zero attached hydrogens (tertiary/aromatic N) is 5. The van der Waals surface area contributed by atoms with Crippen molar-refractivity contribution in [2.24, 2.45) is 16.5 Å². The van der Waals surface area contributed by atoms with E-state index in [2.05, 4.69) is 29.4 Å². The molecule has 0 saturated carbocycles. The molecule has 1 amide bonds. The highest BCUT2D eigenvalue weighted by Crippen LogP contribution is 2.22. The third kappa shape index (κ3) is 5.69. The van der Waals surface area contributed by atoms with Crippen LogP contribution in [0.1, 0.15) is 30.2 Å². The van der Waals surface area contributed by atoms with Crippen LogP contribution in [0.25, 0.3) is 11.0 Å². The first kappa shape index (κ1) is 26.7. The number of nitrogens with two attached hydrogens (primary N) is 4. The highest BCUT2D eigenvalue weighted by Gasteiger charge is 2.25. The Morgan fingerprint density at radius 3 is 2.62 bits per heavy atom. The Labute approximate surface area is 207 Å². The molecule has 0 unspecified atom stereocenters. The first-order valence-corrected chi connectivity index (χ1v) is 10.7. The van der Waals surface area contributed by atoms with Crippen LogP contribution in [0.3, 0.4) is 0 Å². The van der Waals surface area contributed by atoms with Gasteiger partial charge in [-0.15, -0.1) is 0 Å². The average molecular weight is 511 g/mol. The molecule has 34 heavy (non-hydrogen) atoms. The zero-order chi connectivity index (χ0) is 24.1. The zero-order valence-corrected chi connectivity index (χ0v) is 20.4. The first-order valence-electron chi connectivity index (χ1n) is 10.4. The van der Waals surface area contributed by atoms with E-state index < -0.39 is 5.91 Å². The number of anilines is 2. The number of carbonyl (C=O) groups excluding carboxylic acids is 1. The van der Waals surface area contributed by atoms with E-state index in [1.807, 2.05) is 32.0 Å².